The summed E-state index contributed by atoms with van der Waals surface area (Å²) in [6, 6.07) is 10.2. The van der Waals surface area contributed by atoms with Gasteiger partial charge in [-0.15, -0.1) is 10.2 Å². The fraction of sp³-hybridized carbons (Fsp3) is 0.429. The number of carbonyl (C=O) groups is 1. The van der Waals surface area contributed by atoms with Gasteiger partial charge in [0.2, 0.25) is 5.91 Å². The fourth-order valence-electron chi connectivity index (χ4n) is 3.06. The molecule has 29 heavy (non-hydrogen) atoms. The van der Waals surface area contributed by atoms with Crippen molar-refractivity contribution in [2.24, 2.45) is 0 Å². The summed E-state index contributed by atoms with van der Waals surface area (Å²) in [4.78, 5) is 12.8. The molecule has 3 aromatic rings. The number of rotatable bonds is 8. The molecule has 1 amide bonds. The number of benzene rings is 1. The van der Waals surface area contributed by atoms with E-state index in [1.807, 2.05) is 35.9 Å². The number of nitrogens with zero attached hydrogens (tertiary/aromatic N) is 5. The van der Waals surface area contributed by atoms with Crippen LogP contribution in [0.25, 0.3) is 11.4 Å². The van der Waals surface area contributed by atoms with Gasteiger partial charge in [-0.1, -0.05) is 43.0 Å². The first-order valence-corrected chi connectivity index (χ1v) is 10.8. The molecule has 0 aliphatic rings. The van der Waals surface area contributed by atoms with E-state index < -0.39 is 0 Å². The number of aryl methyl sites for hydroxylation is 1. The molecule has 154 valence electrons. The molecule has 2 heterocycles. The standard InChI is InChI=1S/C21H28N6OS/c1-6-15(4)27-18(12-13-22-27)23-20(28)16(5)29-21-25-24-19(26(21)7-2)17-11-9-8-10-14(17)3/h8-13,15-16H,6-7H2,1-5H3,(H,23,28)/t15-,16+/m0/s1. The van der Waals surface area contributed by atoms with Gasteiger partial charge >= 0.3 is 0 Å². The van der Waals surface area contributed by atoms with Gasteiger partial charge in [-0.2, -0.15) is 5.10 Å². The molecule has 1 N–H and O–H groups in total. The Morgan fingerprint density at radius 2 is 1.93 bits per heavy atom. The van der Waals surface area contributed by atoms with Crippen LogP contribution >= 0.6 is 11.8 Å². The van der Waals surface area contributed by atoms with Crippen LogP contribution in [0.2, 0.25) is 0 Å². The van der Waals surface area contributed by atoms with E-state index in [1.165, 1.54) is 11.8 Å². The maximum atomic E-state index is 12.8. The minimum Gasteiger partial charge on any atom is -0.310 e. The second-order valence-corrected chi connectivity index (χ2v) is 8.34. The van der Waals surface area contributed by atoms with Crippen LogP contribution in [0.1, 0.15) is 45.7 Å². The summed E-state index contributed by atoms with van der Waals surface area (Å²) in [5, 5.41) is 16.5. The van der Waals surface area contributed by atoms with Gasteiger partial charge < -0.3 is 9.88 Å². The van der Waals surface area contributed by atoms with Crippen molar-refractivity contribution in [3.63, 3.8) is 0 Å². The van der Waals surface area contributed by atoms with Crippen molar-refractivity contribution >= 4 is 23.5 Å². The van der Waals surface area contributed by atoms with Gasteiger partial charge in [0.05, 0.1) is 17.5 Å². The molecule has 0 spiro atoms. The van der Waals surface area contributed by atoms with Gasteiger partial charge in [0.15, 0.2) is 11.0 Å². The van der Waals surface area contributed by atoms with Crippen molar-refractivity contribution in [1.29, 1.82) is 0 Å². The molecule has 7 nitrogen and oxygen atoms in total. The van der Waals surface area contributed by atoms with Crippen LogP contribution in [0.4, 0.5) is 5.82 Å². The molecular formula is C21H28N6OS. The molecule has 0 unspecified atom stereocenters. The number of amides is 1. The Bertz CT molecular complexity index is 979. The van der Waals surface area contributed by atoms with Crippen LogP contribution in [0.3, 0.4) is 0 Å². The highest BCUT2D eigenvalue weighted by atomic mass is 32.2. The topological polar surface area (TPSA) is 77.6 Å². The lowest BCUT2D eigenvalue weighted by Crippen LogP contribution is -2.25. The van der Waals surface area contributed by atoms with Gasteiger partial charge in [0, 0.05) is 18.2 Å². The quantitative estimate of drug-likeness (QED) is 0.549. The third kappa shape index (κ3) is 4.53. The molecule has 0 aliphatic carbocycles. The van der Waals surface area contributed by atoms with Crippen LogP contribution in [0, 0.1) is 6.92 Å². The first kappa shape index (κ1) is 21.1. The van der Waals surface area contributed by atoms with Crippen LogP contribution < -0.4 is 5.32 Å². The van der Waals surface area contributed by atoms with Crippen molar-refractivity contribution in [1.82, 2.24) is 24.5 Å². The van der Waals surface area contributed by atoms with E-state index in [4.69, 9.17) is 0 Å². The minimum absolute atomic E-state index is 0.0804. The first-order valence-electron chi connectivity index (χ1n) is 9.96. The summed E-state index contributed by atoms with van der Waals surface area (Å²) >= 11 is 1.41. The zero-order valence-electron chi connectivity index (χ0n) is 17.6. The molecule has 0 radical (unpaired) electrons. The number of hydrogen-bond acceptors (Lipinski definition) is 5. The molecule has 0 fully saturated rings. The highest BCUT2D eigenvalue weighted by Gasteiger charge is 2.22. The third-order valence-corrected chi connectivity index (χ3v) is 6.08. The largest absolute Gasteiger partial charge is 0.310 e. The maximum absolute atomic E-state index is 12.8. The van der Waals surface area contributed by atoms with E-state index in [1.54, 1.807) is 6.20 Å². The molecule has 2 aromatic heterocycles. The van der Waals surface area contributed by atoms with E-state index >= 15 is 0 Å². The molecule has 3 rings (SSSR count). The van der Waals surface area contributed by atoms with Crippen molar-refractivity contribution < 1.29 is 4.79 Å². The number of anilines is 1. The summed E-state index contributed by atoms with van der Waals surface area (Å²) in [6.07, 6.45) is 2.65. The lowest BCUT2D eigenvalue weighted by Gasteiger charge is -2.16. The summed E-state index contributed by atoms with van der Waals surface area (Å²) in [5.41, 5.74) is 2.21. The monoisotopic (exact) mass is 412 g/mol. The number of nitrogens with one attached hydrogen (secondary N) is 1. The van der Waals surface area contributed by atoms with Crippen LogP contribution in [-0.4, -0.2) is 35.7 Å². The molecule has 8 heteroatoms. The Labute approximate surface area is 175 Å². The predicted molar refractivity (Wildman–Crippen MR) is 117 cm³/mol. The minimum atomic E-state index is -0.325. The lowest BCUT2D eigenvalue weighted by atomic mass is 10.1. The van der Waals surface area contributed by atoms with E-state index in [0.29, 0.717) is 5.82 Å². The highest BCUT2D eigenvalue weighted by Crippen LogP contribution is 2.29. The number of hydrogen-bond donors (Lipinski definition) is 1. The van der Waals surface area contributed by atoms with Crippen LogP contribution in [0.15, 0.2) is 41.7 Å². The lowest BCUT2D eigenvalue weighted by molar-refractivity contribution is -0.115. The summed E-state index contributed by atoms with van der Waals surface area (Å²) in [7, 11) is 0. The normalized spacial score (nSPS) is 13.3. The van der Waals surface area contributed by atoms with Crippen molar-refractivity contribution in [3.8, 4) is 11.4 Å². The van der Waals surface area contributed by atoms with Crippen molar-refractivity contribution in [2.45, 2.75) is 64.0 Å². The number of aromatic nitrogens is 5. The molecule has 0 aliphatic heterocycles. The molecular weight excluding hydrogens is 384 g/mol. The molecule has 1 aromatic carbocycles. The van der Waals surface area contributed by atoms with Crippen molar-refractivity contribution in [2.75, 3.05) is 5.32 Å². The van der Waals surface area contributed by atoms with E-state index in [9.17, 15) is 4.79 Å². The van der Waals surface area contributed by atoms with E-state index in [0.717, 1.165) is 35.1 Å². The van der Waals surface area contributed by atoms with Crippen LogP contribution in [-0.2, 0) is 11.3 Å². The summed E-state index contributed by atoms with van der Waals surface area (Å²) in [5.74, 6) is 1.47. The predicted octanol–water partition coefficient (Wildman–Crippen LogP) is 4.56. The van der Waals surface area contributed by atoms with Crippen LogP contribution in [0.5, 0.6) is 0 Å². The average molecular weight is 413 g/mol. The second kappa shape index (κ2) is 9.26. The summed E-state index contributed by atoms with van der Waals surface area (Å²) < 4.78 is 3.90. The molecule has 0 bridgehead atoms. The Hall–Kier alpha value is -2.61. The SMILES string of the molecule is CC[C@H](C)n1nccc1NC(=O)[C@@H](C)Sc1nnc(-c2ccccc2C)n1CC. The Balaban J connectivity index is 1.76. The summed E-state index contributed by atoms with van der Waals surface area (Å²) in [6.45, 7) is 10.9. The van der Waals surface area contributed by atoms with Gasteiger partial charge in [-0.25, -0.2) is 4.68 Å². The smallest absolute Gasteiger partial charge is 0.238 e. The van der Waals surface area contributed by atoms with Gasteiger partial charge in [-0.3, -0.25) is 4.79 Å². The number of carbonyl (C=O) groups excluding carboxylic acids is 1. The zero-order valence-corrected chi connectivity index (χ0v) is 18.4. The molecule has 2 atom stereocenters. The second-order valence-electron chi connectivity index (χ2n) is 7.03. The highest BCUT2D eigenvalue weighted by molar-refractivity contribution is 8.00. The maximum Gasteiger partial charge on any atom is 0.238 e. The zero-order chi connectivity index (χ0) is 21.0. The fourth-order valence-corrected chi connectivity index (χ4v) is 3.97. The molecule has 0 saturated heterocycles. The molecule has 0 saturated carbocycles. The van der Waals surface area contributed by atoms with Gasteiger partial charge in [0.1, 0.15) is 5.82 Å². The average Bonchev–Trinajstić information content (AvgIpc) is 3.34. The number of thioether (sulfide) groups is 1. The Kier molecular flexibility index (Phi) is 6.74. The third-order valence-electron chi connectivity index (χ3n) is 5.00. The van der Waals surface area contributed by atoms with E-state index in [2.05, 4.69) is 58.9 Å². The van der Waals surface area contributed by atoms with Gasteiger partial charge in [-0.05, 0) is 39.7 Å². The first-order chi connectivity index (χ1) is 14.0. The van der Waals surface area contributed by atoms with Crippen molar-refractivity contribution in [3.05, 3.63) is 42.1 Å². The Morgan fingerprint density at radius 3 is 2.62 bits per heavy atom. The van der Waals surface area contributed by atoms with Gasteiger partial charge in [0.25, 0.3) is 0 Å². The van der Waals surface area contributed by atoms with E-state index in [-0.39, 0.29) is 17.2 Å². The Morgan fingerprint density at radius 1 is 1.17 bits per heavy atom.